The summed E-state index contributed by atoms with van der Waals surface area (Å²) in [6, 6.07) is 16.9. The van der Waals surface area contributed by atoms with E-state index in [-0.39, 0.29) is 17.9 Å². The molecule has 0 unspecified atom stereocenters. The van der Waals surface area contributed by atoms with Crippen molar-refractivity contribution in [3.05, 3.63) is 82.1 Å². The molecule has 0 saturated heterocycles. The van der Waals surface area contributed by atoms with E-state index >= 15 is 0 Å². The highest BCUT2D eigenvalue weighted by molar-refractivity contribution is 6.29. The lowest BCUT2D eigenvalue weighted by Crippen LogP contribution is -2.04. The average Bonchev–Trinajstić information content (AvgIpc) is 3.51. The minimum atomic E-state index is -0.734. The molecule has 32 heavy (non-hydrogen) atoms. The van der Waals surface area contributed by atoms with Crippen LogP contribution >= 0.6 is 11.6 Å². The molecule has 0 radical (unpaired) electrons. The van der Waals surface area contributed by atoms with Crippen molar-refractivity contribution in [2.75, 3.05) is 0 Å². The Labute approximate surface area is 190 Å². The van der Waals surface area contributed by atoms with E-state index in [2.05, 4.69) is 11.1 Å². The summed E-state index contributed by atoms with van der Waals surface area (Å²) in [6.45, 7) is 0. The van der Waals surface area contributed by atoms with E-state index in [9.17, 15) is 10.1 Å². The second-order valence-electron chi connectivity index (χ2n) is 8.04. The zero-order chi connectivity index (χ0) is 22.2. The number of nitrogens with zero attached hydrogens (tertiary/aromatic N) is 2. The predicted molar refractivity (Wildman–Crippen MR) is 117 cm³/mol. The fourth-order valence-corrected chi connectivity index (χ4v) is 4.41. The number of carboxylic acid groups (broad SMARTS) is 1. The van der Waals surface area contributed by atoms with Gasteiger partial charge in [-0.25, -0.2) is 4.98 Å². The number of pyridine rings is 1. The highest BCUT2D eigenvalue weighted by Gasteiger charge is 2.44. The number of carbonyl (C=O) groups is 1. The monoisotopic (exact) mass is 446 g/mol. The van der Waals surface area contributed by atoms with E-state index in [1.165, 1.54) is 6.20 Å². The van der Waals surface area contributed by atoms with Crippen molar-refractivity contribution in [3.8, 4) is 23.3 Å². The van der Waals surface area contributed by atoms with Crippen molar-refractivity contribution in [1.82, 2.24) is 4.98 Å². The number of aliphatic carboxylic acids is 1. The van der Waals surface area contributed by atoms with Gasteiger partial charge in [0.1, 0.15) is 34.6 Å². The van der Waals surface area contributed by atoms with Gasteiger partial charge in [-0.15, -0.1) is 0 Å². The van der Waals surface area contributed by atoms with Crippen LogP contribution in [-0.2, 0) is 11.2 Å². The number of benzene rings is 2. The molecule has 3 aromatic rings. The fraction of sp³-hybridized carbons (Fsp3) is 0.240. The van der Waals surface area contributed by atoms with Crippen LogP contribution in [0.3, 0.4) is 0 Å². The van der Waals surface area contributed by atoms with Crippen molar-refractivity contribution in [2.45, 2.75) is 31.3 Å². The first kappa shape index (κ1) is 20.3. The normalized spacial score (nSPS) is 20.8. The minimum Gasteiger partial charge on any atom is -0.486 e. The highest BCUT2D eigenvalue weighted by Crippen LogP contribution is 2.48. The van der Waals surface area contributed by atoms with E-state index in [0.29, 0.717) is 28.6 Å². The van der Waals surface area contributed by atoms with Crippen molar-refractivity contribution in [1.29, 1.82) is 5.26 Å². The smallest absolute Gasteiger partial charge is 0.307 e. The quantitative estimate of drug-likeness (QED) is 0.491. The molecule has 0 aliphatic heterocycles. The van der Waals surface area contributed by atoms with Gasteiger partial charge in [-0.2, -0.15) is 5.26 Å². The van der Waals surface area contributed by atoms with Gasteiger partial charge >= 0.3 is 5.97 Å². The molecular formula is C25H19ClN2O4. The van der Waals surface area contributed by atoms with Gasteiger partial charge in [0.05, 0.1) is 17.7 Å². The third-order valence-electron chi connectivity index (χ3n) is 6.03. The van der Waals surface area contributed by atoms with Crippen LogP contribution in [0.4, 0.5) is 0 Å². The lowest BCUT2D eigenvalue weighted by Gasteiger charge is -2.17. The molecule has 0 amide bonds. The van der Waals surface area contributed by atoms with Gasteiger partial charge in [-0.05, 0) is 66.6 Å². The number of hydrogen-bond donors (Lipinski definition) is 1. The van der Waals surface area contributed by atoms with E-state index in [1.54, 1.807) is 18.2 Å². The van der Waals surface area contributed by atoms with Crippen LogP contribution in [-0.4, -0.2) is 16.1 Å². The number of nitriles is 1. The van der Waals surface area contributed by atoms with E-state index < -0.39 is 5.97 Å². The maximum absolute atomic E-state index is 11.1. The minimum absolute atomic E-state index is 0.0974. The summed E-state index contributed by atoms with van der Waals surface area (Å²) in [5.41, 5.74) is 3.45. The third-order valence-corrected chi connectivity index (χ3v) is 6.26. The lowest BCUT2D eigenvalue weighted by atomic mass is 10.0. The molecule has 160 valence electrons. The number of carboxylic acids is 1. The largest absolute Gasteiger partial charge is 0.486 e. The van der Waals surface area contributed by atoms with Gasteiger partial charge < -0.3 is 14.6 Å². The van der Waals surface area contributed by atoms with Crippen LogP contribution in [0.1, 0.15) is 47.1 Å². The van der Waals surface area contributed by atoms with Crippen molar-refractivity contribution >= 4 is 17.6 Å². The molecule has 0 spiro atoms. The summed E-state index contributed by atoms with van der Waals surface area (Å²) in [5, 5.41) is 19.1. The van der Waals surface area contributed by atoms with Gasteiger partial charge in [-0.1, -0.05) is 29.8 Å². The Hall–Kier alpha value is -3.56. The molecule has 0 bridgehead atoms. The van der Waals surface area contributed by atoms with Crippen molar-refractivity contribution in [3.63, 3.8) is 0 Å². The predicted octanol–water partition coefficient (Wildman–Crippen LogP) is 5.65. The second-order valence-corrected chi connectivity index (χ2v) is 8.43. The van der Waals surface area contributed by atoms with Crippen LogP contribution in [0.15, 0.2) is 54.7 Å². The molecule has 1 heterocycles. The number of hydrogen-bond acceptors (Lipinski definition) is 5. The molecule has 2 aliphatic carbocycles. The first-order chi connectivity index (χ1) is 15.5. The van der Waals surface area contributed by atoms with Crippen molar-refractivity contribution < 1.29 is 19.4 Å². The molecule has 1 saturated carbocycles. The summed E-state index contributed by atoms with van der Waals surface area (Å²) in [4.78, 5) is 15.1. The van der Waals surface area contributed by atoms with Crippen LogP contribution < -0.4 is 9.47 Å². The zero-order valence-electron chi connectivity index (χ0n) is 17.0. The summed E-state index contributed by atoms with van der Waals surface area (Å²) >= 11 is 5.85. The fourth-order valence-electron chi connectivity index (χ4n) is 4.30. The Bertz CT molecular complexity index is 1220. The van der Waals surface area contributed by atoms with Gasteiger partial charge in [0.2, 0.25) is 0 Å². The summed E-state index contributed by atoms with van der Waals surface area (Å²) in [7, 11) is 0. The Morgan fingerprint density at radius 1 is 1.12 bits per heavy atom. The van der Waals surface area contributed by atoms with E-state index in [4.69, 9.17) is 26.2 Å². The van der Waals surface area contributed by atoms with E-state index in [0.717, 1.165) is 35.3 Å². The molecule has 2 aliphatic rings. The molecule has 5 rings (SSSR count). The Morgan fingerprint density at radius 3 is 2.56 bits per heavy atom. The topological polar surface area (TPSA) is 92.4 Å². The Kier molecular flexibility index (Phi) is 5.20. The van der Waals surface area contributed by atoms with Crippen LogP contribution in [0.25, 0.3) is 0 Å². The van der Waals surface area contributed by atoms with Gasteiger partial charge in [0, 0.05) is 5.56 Å². The first-order valence-electron chi connectivity index (χ1n) is 10.4. The summed E-state index contributed by atoms with van der Waals surface area (Å²) in [6.07, 6.45) is 3.57. The molecule has 1 aromatic heterocycles. The highest BCUT2D eigenvalue weighted by atomic mass is 35.5. The second kappa shape index (κ2) is 8.18. The molecule has 1 N–H and O–H groups in total. The molecule has 7 heteroatoms. The average molecular weight is 447 g/mol. The number of ether oxygens (including phenoxy) is 2. The molecular weight excluding hydrogens is 428 g/mol. The van der Waals surface area contributed by atoms with Gasteiger partial charge in [0.15, 0.2) is 0 Å². The Balaban J connectivity index is 1.35. The maximum Gasteiger partial charge on any atom is 0.307 e. The van der Waals surface area contributed by atoms with Crippen LogP contribution in [0, 0.1) is 17.2 Å². The lowest BCUT2D eigenvalue weighted by molar-refractivity contribution is -0.138. The zero-order valence-corrected chi connectivity index (χ0v) is 17.7. The Morgan fingerprint density at radius 2 is 1.91 bits per heavy atom. The van der Waals surface area contributed by atoms with Crippen molar-refractivity contribution in [2.24, 2.45) is 5.92 Å². The number of halogens is 1. The van der Waals surface area contributed by atoms with Gasteiger partial charge in [-0.3, -0.25) is 4.79 Å². The standard InChI is InChI=1S/C25H19ClN2O4/c26-23-10-6-17(13-28-23)32-24-15(12-27)3-7-18-19(24)8-9-22(18)31-16-4-1-14(2-5-16)20-11-21(20)25(29)30/h1-7,10,13,20-22H,8-9,11H2,(H,29,30)/t20-,21+,22-/m1/s1. The number of fused-ring (bicyclic) bond motifs is 1. The number of rotatable bonds is 6. The third kappa shape index (κ3) is 3.88. The number of aromatic nitrogens is 1. The van der Waals surface area contributed by atoms with E-state index in [1.807, 2.05) is 30.3 Å². The molecule has 1 fully saturated rings. The summed E-state index contributed by atoms with van der Waals surface area (Å²) < 4.78 is 12.3. The molecule has 3 atom stereocenters. The van der Waals surface area contributed by atoms with Gasteiger partial charge in [0.25, 0.3) is 0 Å². The summed E-state index contributed by atoms with van der Waals surface area (Å²) in [5.74, 6) is 0.866. The van der Waals surface area contributed by atoms with Crippen LogP contribution in [0.5, 0.6) is 17.2 Å². The first-order valence-corrected chi connectivity index (χ1v) is 10.8. The maximum atomic E-state index is 11.1. The molecule has 6 nitrogen and oxygen atoms in total. The van der Waals surface area contributed by atoms with Crippen LogP contribution in [0.2, 0.25) is 5.15 Å². The molecule has 2 aromatic carbocycles. The SMILES string of the molecule is N#Cc1ccc2c(c1Oc1ccc(Cl)nc1)CC[C@H]2Oc1ccc([C@H]2C[C@@H]2C(=O)O)cc1.